The molecular formula is C15H16N2O4S. The Morgan fingerprint density at radius 2 is 2.14 bits per heavy atom. The van der Waals surface area contributed by atoms with E-state index in [1.165, 1.54) is 22.9 Å². The largest absolute Gasteiger partial charge is 0.481 e. The van der Waals surface area contributed by atoms with Gasteiger partial charge in [-0.3, -0.25) is 19.4 Å². The Morgan fingerprint density at radius 1 is 1.41 bits per heavy atom. The standard InChI is InChI=1S/C15H16N2O4S/c1-3-17-14(21)9(8-11(18)19)12(15(17)22-2)13(20)10-6-4-5-7-16-10/h4-7,15H,3,8H2,1-2H3,(H,18,19)/t15-/m1/s1. The van der Waals surface area contributed by atoms with E-state index in [2.05, 4.69) is 4.98 Å². The van der Waals surface area contributed by atoms with Gasteiger partial charge in [-0.05, 0) is 25.3 Å². The lowest BCUT2D eigenvalue weighted by molar-refractivity contribution is -0.137. The molecule has 6 nitrogen and oxygen atoms in total. The van der Waals surface area contributed by atoms with Crippen molar-refractivity contribution in [2.75, 3.05) is 12.8 Å². The van der Waals surface area contributed by atoms with E-state index in [-0.39, 0.29) is 28.5 Å². The van der Waals surface area contributed by atoms with Crippen molar-refractivity contribution in [3.63, 3.8) is 0 Å². The van der Waals surface area contributed by atoms with Gasteiger partial charge in [-0.15, -0.1) is 11.8 Å². The minimum absolute atomic E-state index is 0.0596. The molecule has 0 spiro atoms. The number of carboxylic acid groups (broad SMARTS) is 1. The van der Waals surface area contributed by atoms with E-state index in [9.17, 15) is 14.4 Å². The zero-order valence-electron chi connectivity index (χ0n) is 12.3. The number of aliphatic carboxylic acids is 1. The lowest BCUT2D eigenvalue weighted by Crippen LogP contribution is -2.34. The summed E-state index contributed by atoms with van der Waals surface area (Å²) in [5.41, 5.74) is 0.509. The first-order valence-corrected chi connectivity index (χ1v) is 8.04. The lowest BCUT2D eigenvalue weighted by Gasteiger charge is -2.23. The van der Waals surface area contributed by atoms with Crippen molar-refractivity contribution in [3.8, 4) is 0 Å². The number of carboxylic acids is 1. The van der Waals surface area contributed by atoms with Crippen LogP contribution in [0.3, 0.4) is 0 Å². The summed E-state index contributed by atoms with van der Waals surface area (Å²) in [5.74, 6) is -1.91. The highest BCUT2D eigenvalue weighted by atomic mass is 32.2. The van der Waals surface area contributed by atoms with Gasteiger partial charge in [-0.1, -0.05) is 6.07 Å². The van der Waals surface area contributed by atoms with Crippen LogP contribution in [0.5, 0.6) is 0 Å². The molecule has 0 saturated heterocycles. The molecule has 2 heterocycles. The molecule has 0 saturated carbocycles. The van der Waals surface area contributed by atoms with Crippen LogP contribution in [0.25, 0.3) is 0 Å². The third kappa shape index (κ3) is 2.89. The van der Waals surface area contributed by atoms with Crippen LogP contribution in [0.4, 0.5) is 0 Å². The maximum atomic E-state index is 12.7. The van der Waals surface area contributed by atoms with Gasteiger partial charge in [0.1, 0.15) is 11.1 Å². The highest BCUT2D eigenvalue weighted by Crippen LogP contribution is 2.35. The molecule has 22 heavy (non-hydrogen) atoms. The van der Waals surface area contributed by atoms with E-state index < -0.39 is 17.8 Å². The second-order valence-electron chi connectivity index (χ2n) is 4.69. The molecular weight excluding hydrogens is 304 g/mol. The van der Waals surface area contributed by atoms with Crippen LogP contribution in [-0.2, 0) is 9.59 Å². The number of pyridine rings is 1. The van der Waals surface area contributed by atoms with E-state index in [0.717, 1.165) is 0 Å². The van der Waals surface area contributed by atoms with Crippen molar-refractivity contribution in [1.82, 2.24) is 9.88 Å². The highest BCUT2D eigenvalue weighted by Gasteiger charge is 2.42. The molecule has 1 aliphatic rings. The number of hydrogen-bond acceptors (Lipinski definition) is 5. The van der Waals surface area contributed by atoms with Crippen LogP contribution in [-0.4, -0.2) is 50.8 Å². The molecule has 116 valence electrons. The maximum Gasteiger partial charge on any atom is 0.308 e. The number of Topliss-reactive ketones (excluding diaryl/α,β-unsaturated/α-hetero) is 1. The summed E-state index contributed by atoms with van der Waals surface area (Å²) in [6, 6.07) is 4.93. The van der Waals surface area contributed by atoms with Crippen LogP contribution in [0.1, 0.15) is 23.8 Å². The van der Waals surface area contributed by atoms with Gasteiger partial charge >= 0.3 is 5.97 Å². The minimum Gasteiger partial charge on any atom is -0.481 e. The molecule has 2 rings (SSSR count). The summed E-state index contributed by atoms with van der Waals surface area (Å²) in [5, 5.41) is 8.57. The number of rotatable bonds is 6. The maximum absolute atomic E-state index is 12.7. The second kappa shape index (κ2) is 6.74. The molecule has 1 N–H and O–H groups in total. The Bertz CT molecular complexity index is 642. The molecule has 1 amide bonds. The van der Waals surface area contributed by atoms with Crippen LogP contribution in [0.2, 0.25) is 0 Å². The first kappa shape index (κ1) is 16.2. The summed E-state index contributed by atoms with van der Waals surface area (Å²) in [6.45, 7) is 2.21. The zero-order valence-corrected chi connectivity index (χ0v) is 13.1. The summed E-state index contributed by atoms with van der Waals surface area (Å²) < 4.78 is 0. The molecule has 0 aliphatic carbocycles. The number of amides is 1. The lowest BCUT2D eigenvalue weighted by atomic mass is 10.0. The third-order valence-electron chi connectivity index (χ3n) is 3.41. The van der Waals surface area contributed by atoms with Gasteiger partial charge in [0.2, 0.25) is 5.78 Å². The Labute approximate surface area is 132 Å². The third-order valence-corrected chi connectivity index (χ3v) is 4.34. The van der Waals surface area contributed by atoms with E-state index in [1.807, 2.05) is 0 Å². The highest BCUT2D eigenvalue weighted by molar-refractivity contribution is 7.99. The van der Waals surface area contributed by atoms with Gasteiger partial charge in [0.05, 0.1) is 6.42 Å². The Hall–Kier alpha value is -2.15. The van der Waals surface area contributed by atoms with E-state index >= 15 is 0 Å². The summed E-state index contributed by atoms with van der Waals surface area (Å²) in [4.78, 5) is 41.7. The quantitative estimate of drug-likeness (QED) is 0.801. The number of ketones is 1. The Balaban J connectivity index is 2.53. The molecule has 1 aromatic heterocycles. The van der Waals surface area contributed by atoms with Gasteiger partial charge in [-0.2, -0.15) is 0 Å². The molecule has 1 aliphatic heterocycles. The monoisotopic (exact) mass is 320 g/mol. The summed E-state index contributed by atoms with van der Waals surface area (Å²) in [6.07, 6.45) is 2.82. The molecule has 0 aromatic carbocycles. The molecule has 1 aromatic rings. The van der Waals surface area contributed by atoms with E-state index in [4.69, 9.17) is 5.11 Å². The minimum atomic E-state index is -1.13. The van der Waals surface area contributed by atoms with Crippen LogP contribution in [0, 0.1) is 0 Å². The van der Waals surface area contributed by atoms with Gasteiger partial charge < -0.3 is 10.0 Å². The van der Waals surface area contributed by atoms with Gasteiger partial charge in [-0.25, -0.2) is 0 Å². The first-order chi connectivity index (χ1) is 10.5. The van der Waals surface area contributed by atoms with Crippen LogP contribution in [0.15, 0.2) is 35.5 Å². The predicted molar refractivity (Wildman–Crippen MR) is 82.5 cm³/mol. The van der Waals surface area contributed by atoms with Gasteiger partial charge in [0, 0.05) is 23.9 Å². The Kier molecular flexibility index (Phi) is 4.97. The van der Waals surface area contributed by atoms with Gasteiger partial charge in [0.15, 0.2) is 0 Å². The molecule has 0 unspecified atom stereocenters. The number of nitrogens with zero attached hydrogens (tertiary/aromatic N) is 2. The number of hydrogen-bond donors (Lipinski definition) is 1. The van der Waals surface area contributed by atoms with E-state index in [0.29, 0.717) is 6.54 Å². The molecule has 7 heteroatoms. The molecule has 0 radical (unpaired) electrons. The number of thioether (sulfide) groups is 1. The van der Waals surface area contributed by atoms with Gasteiger partial charge in [0.25, 0.3) is 5.91 Å². The normalized spacial score (nSPS) is 18.0. The fraction of sp³-hybridized carbons (Fsp3) is 0.333. The second-order valence-corrected chi connectivity index (χ2v) is 5.60. The SMILES string of the molecule is CCN1C(=O)C(CC(=O)O)=C(C(=O)c2ccccn2)[C@H]1SC. The topological polar surface area (TPSA) is 87.6 Å². The van der Waals surface area contributed by atoms with Crippen molar-refractivity contribution in [1.29, 1.82) is 0 Å². The summed E-state index contributed by atoms with van der Waals surface area (Å²) >= 11 is 1.34. The fourth-order valence-corrected chi connectivity index (χ4v) is 3.45. The number of aromatic nitrogens is 1. The van der Waals surface area contributed by atoms with Crippen LogP contribution >= 0.6 is 11.8 Å². The van der Waals surface area contributed by atoms with Crippen molar-refractivity contribution in [2.24, 2.45) is 0 Å². The molecule has 0 fully saturated rings. The number of likely N-dealkylation sites (N-methyl/N-ethyl adjacent to an activating group) is 1. The van der Waals surface area contributed by atoms with E-state index in [1.54, 1.807) is 31.4 Å². The van der Waals surface area contributed by atoms with Crippen LogP contribution < -0.4 is 0 Å². The van der Waals surface area contributed by atoms with Crippen molar-refractivity contribution >= 4 is 29.4 Å². The molecule has 1 atom stereocenters. The summed E-state index contributed by atoms with van der Waals surface area (Å²) in [7, 11) is 0. The smallest absolute Gasteiger partial charge is 0.308 e. The average Bonchev–Trinajstić information content (AvgIpc) is 2.78. The van der Waals surface area contributed by atoms with Crippen molar-refractivity contribution in [2.45, 2.75) is 18.7 Å². The van der Waals surface area contributed by atoms with Crippen molar-refractivity contribution < 1.29 is 19.5 Å². The number of carbonyl (C=O) groups excluding carboxylic acids is 2. The Morgan fingerprint density at radius 3 is 2.64 bits per heavy atom. The van der Waals surface area contributed by atoms with Crippen molar-refractivity contribution in [3.05, 3.63) is 41.2 Å². The zero-order chi connectivity index (χ0) is 16.3. The average molecular weight is 320 g/mol. The predicted octanol–water partition coefficient (Wildman–Crippen LogP) is 1.59. The fourth-order valence-electron chi connectivity index (χ4n) is 2.46. The molecule has 0 bridgehead atoms. The number of carbonyl (C=O) groups is 3. The first-order valence-electron chi connectivity index (χ1n) is 6.75.